The molecule has 6 heterocycles. The normalized spacial score (nSPS) is 38.6. The molecule has 6 saturated heterocycles. The molecule has 0 aromatic rings. The smallest absolute Gasteiger partial charge is 0.115 e. The second-order valence-corrected chi connectivity index (χ2v) is 15.1. The van der Waals surface area contributed by atoms with Gasteiger partial charge in [0, 0.05) is 0 Å². The standard InChI is InChI=1S/3C12H22O4/c3*1-7(2)15-9-5-13-12-10(16-8(3)4)6-14-11(9)12/h3*7-12H,5-6H2,1-4H3/t9-,10+,11-,12-;9-,10-,11+,12+;9-,10-,11-,12-/m101/s1. The summed E-state index contributed by atoms with van der Waals surface area (Å²) in [4.78, 5) is 0. The van der Waals surface area contributed by atoms with Gasteiger partial charge in [-0.1, -0.05) is 0 Å². The first kappa shape index (κ1) is 40.3. The summed E-state index contributed by atoms with van der Waals surface area (Å²) in [5.74, 6) is 0. The molecule has 6 rings (SSSR count). The van der Waals surface area contributed by atoms with Crippen molar-refractivity contribution in [2.24, 2.45) is 0 Å². The number of rotatable bonds is 12. The molecule has 12 nitrogen and oxygen atoms in total. The van der Waals surface area contributed by atoms with Crippen molar-refractivity contribution in [1.82, 2.24) is 0 Å². The topological polar surface area (TPSA) is 111 Å². The van der Waals surface area contributed by atoms with E-state index in [1.54, 1.807) is 0 Å². The molecule has 0 amide bonds. The van der Waals surface area contributed by atoms with Crippen LogP contribution in [0.3, 0.4) is 0 Å². The van der Waals surface area contributed by atoms with Crippen LogP contribution in [0.5, 0.6) is 0 Å². The third kappa shape index (κ3) is 11.3. The van der Waals surface area contributed by atoms with Crippen molar-refractivity contribution in [3.05, 3.63) is 0 Å². The van der Waals surface area contributed by atoms with E-state index in [1.165, 1.54) is 0 Å². The predicted molar refractivity (Wildman–Crippen MR) is 178 cm³/mol. The maximum absolute atomic E-state index is 5.77. The Morgan fingerprint density at radius 1 is 0.271 bits per heavy atom. The molecule has 6 aliphatic rings. The average molecular weight is 691 g/mol. The van der Waals surface area contributed by atoms with E-state index >= 15 is 0 Å². The molecule has 12 heteroatoms. The van der Waals surface area contributed by atoms with E-state index in [1.807, 2.05) is 83.1 Å². The Hall–Kier alpha value is -0.480. The van der Waals surface area contributed by atoms with Gasteiger partial charge in [-0.2, -0.15) is 0 Å². The lowest BCUT2D eigenvalue weighted by atomic mass is 10.1. The Balaban J connectivity index is 0.000000163. The van der Waals surface area contributed by atoms with Gasteiger partial charge in [0.05, 0.1) is 76.3 Å². The molecule has 6 fully saturated rings. The minimum absolute atomic E-state index is 0.0474. The molecule has 0 aliphatic carbocycles. The first-order valence-corrected chi connectivity index (χ1v) is 18.4. The molecule has 48 heavy (non-hydrogen) atoms. The van der Waals surface area contributed by atoms with Crippen LogP contribution in [0.15, 0.2) is 0 Å². The van der Waals surface area contributed by atoms with Crippen LogP contribution < -0.4 is 0 Å². The largest absolute Gasteiger partial charge is 0.370 e. The molecule has 12 atom stereocenters. The number of ether oxygens (including phenoxy) is 12. The molecular formula is C36H66O12. The first-order chi connectivity index (χ1) is 22.7. The molecule has 0 bridgehead atoms. The molecule has 0 aromatic carbocycles. The van der Waals surface area contributed by atoms with Gasteiger partial charge in [0.25, 0.3) is 0 Å². The SMILES string of the molecule is CC(C)O[C@@H]1CO[C@H]2[C@@H]1OC[C@H]2OC(C)C.CC(C)O[C@H]1CO[C@H]2[C@@H]1OC[C@@H]2OC(C)C.CC(C)O[C@H]1CO[C@H]2[C@@H]1OC[C@H]2OC(C)C. The second-order valence-electron chi connectivity index (χ2n) is 15.1. The third-order valence-corrected chi connectivity index (χ3v) is 8.57. The van der Waals surface area contributed by atoms with Gasteiger partial charge < -0.3 is 56.8 Å². The first-order valence-electron chi connectivity index (χ1n) is 18.4. The van der Waals surface area contributed by atoms with Crippen molar-refractivity contribution in [3.8, 4) is 0 Å². The van der Waals surface area contributed by atoms with Crippen molar-refractivity contribution >= 4 is 0 Å². The maximum Gasteiger partial charge on any atom is 0.115 e. The van der Waals surface area contributed by atoms with Gasteiger partial charge in [-0.15, -0.1) is 0 Å². The van der Waals surface area contributed by atoms with Crippen LogP contribution in [0.1, 0.15) is 83.1 Å². The van der Waals surface area contributed by atoms with Crippen LogP contribution in [0.2, 0.25) is 0 Å². The van der Waals surface area contributed by atoms with Crippen LogP contribution in [-0.2, 0) is 56.8 Å². The summed E-state index contributed by atoms with van der Waals surface area (Å²) in [5.41, 5.74) is 0. The lowest BCUT2D eigenvalue weighted by molar-refractivity contribution is -0.0754. The van der Waals surface area contributed by atoms with Gasteiger partial charge in [-0.25, -0.2) is 0 Å². The Bertz CT molecular complexity index is 729. The Labute approximate surface area is 289 Å². The molecule has 0 spiro atoms. The molecule has 0 unspecified atom stereocenters. The van der Waals surface area contributed by atoms with E-state index in [2.05, 4.69) is 0 Å². The van der Waals surface area contributed by atoms with Crippen LogP contribution in [0.4, 0.5) is 0 Å². The van der Waals surface area contributed by atoms with Crippen LogP contribution >= 0.6 is 0 Å². The highest BCUT2D eigenvalue weighted by molar-refractivity contribution is 4.98. The van der Waals surface area contributed by atoms with E-state index in [-0.39, 0.29) is 110 Å². The summed E-state index contributed by atoms with van der Waals surface area (Å²) in [6.45, 7) is 28.1. The summed E-state index contributed by atoms with van der Waals surface area (Å²) < 4.78 is 69.0. The van der Waals surface area contributed by atoms with Gasteiger partial charge in [-0.3, -0.25) is 0 Å². The van der Waals surface area contributed by atoms with Crippen LogP contribution in [0, 0.1) is 0 Å². The van der Waals surface area contributed by atoms with Gasteiger partial charge >= 0.3 is 0 Å². The van der Waals surface area contributed by atoms with Gasteiger partial charge in [0.1, 0.15) is 73.2 Å². The van der Waals surface area contributed by atoms with Crippen molar-refractivity contribution in [2.75, 3.05) is 39.6 Å². The number of hydrogen-bond donors (Lipinski definition) is 0. The minimum atomic E-state index is 0.0474. The van der Waals surface area contributed by atoms with Gasteiger partial charge in [0.2, 0.25) is 0 Å². The van der Waals surface area contributed by atoms with Crippen LogP contribution in [-0.4, -0.2) is 150 Å². The monoisotopic (exact) mass is 690 g/mol. The van der Waals surface area contributed by atoms with Crippen molar-refractivity contribution in [2.45, 2.75) is 193 Å². The average Bonchev–Trinajstić information content (AvgIpc) is 3.80. The third-order valence-electron chi connectivity index (χ3n) is 8.57. The van der Waals surface area contributed by atoms with E-state index in [0.717, 1.165) is 0 Å². The van der Waals surface area contributed by atoms with Crippen molar-refractivity contribution < 1.29 is 56.8 Å². The molecule has 6 aliphatic heterocycles. The maximum atomic E-state index is 5.77. The fourth-order valence-electron chi connectivity index (χ4n) is 7.08. The fraction of sp³-hybridized carbons (Fsp3) is 1.00. The Kier molecular flexibility index (Phi) is 15.8. The highest BCUT2D eigenvalue weighted by atomic mass is 16.7. The zero-order valence-corrected chi connectivity index (χ0v) is 31.5. The molecule has 282 valence electrons. The molecule has 0 aromatic heterocycles. The fourth-order valence-corrected chi connectivity index (χ4v) is 7.08. The molecule has 0 saturated carbocycles. The Morgan fingerprint density at radius 2 is 0.396 bits per heavy atom. The zero-order chi connectivity index (χ0) is 35.1. The van der Waals surface area contributed by atoms with Crippen molar-refractivity contribution in [1.29, 1.82) is 0 Å². The highest BCUT2D eigenvalue weighted by Crippen LogP contribution is 2.33. The number of hydrogen-bond acceptors (Lipinski definition) is 12. The lowest BCUT2D eigenvalue weighted by Crippen LogP contribution is -2.35. The summed E-state index contributed by atoms with van der Waals surface area (Å²) >= 11 is 0. The van der Waals surface area contributed by atoms with E-state index in [4.69, 9.17) is 56.8 Å². The van der Waals surface area contributed by atoms with Gasteiger partial charge in [0.15, 0.2) is 0 Å². The minimum Gasteiger partial charge on any atom is -0.370 e. The summed E-state index contributed by atoms with van der Waals surface area (Å²) in [6.07, 6.45) is 1.91. The lowest BCUT2D eigenvalue weighted by Gasteiger charge is -2.19. The number of fused-ring (bicyclic) bond motifs is 3. The Morgan fingerprint density at radius 3 is 0.500 bits per heavy atom. The quantitative estimate of drug-likeness (QED) is 0.294. The highest BCUT2D eigenvalue weighted by Gasteiger charge is 2.51. The van der Waals surface area contributed by atoms with Crippen molar-refractivity contribution in [3.63, 3.8) is 0 Å². The van der Waals surface area contributed by atoms with Crippen LogP contribution in [0.25, 0.3) is 0 Å². The second kappa shape index (κ2) is 18.8. The molecule has 0 radical (unpaired) electrons. The van der Waals surface area contributed by atoms with E-state index < -0.39 is 0 Å². The molecule has 0 N–H and O–H groups in total. The zero-order valence-electron chi connectivity index (χ0n) is 31.5. The predicted octanol–water partition coefficient (Wildman–Crippen LogP) is 4.11. The van der Waals surface area contributed by atoms with E-state index in [0.29, 0.717) is 39.6 Å². The summed E-state index contributed by atoms with van der Waals surface area (Å²) in [5, 5.41) is 0. The summed E-state index contributed by atoms with van der Waals surface area (Å²) in [7, 11) is 0. The summed E-state index contributed by atoms with van der Waals surface area (Å²) in [6, 6.07) is 0. The van der Waals surface area contributed by atoms with E-state index in [9.17, 15) is 0 Å². The molecular weight excluding hydrogens is 624 g/mol. The van der Waals surface area contributed by atoms with Gasteiger partial charge in [-0.05, 0) is 83.1 Å².